The van der Waals surface area contributed by atoms with Crippen LogP contribution in [0.4, 0.5) is 0 Å². The third kappa shape index (κ3) is 38.9. The van der Waals surface area contributed by atoms with E-state index < -0.39 is 44.9 Å². The minimum absolute atomic E-state index is 0. The number of nitrogens with zero attached hydrogens (tertiary/aromatic N) is 4. The molecule has 0 amide bonds. The second kappa shape index (κ2) is 48.1. The molecule has 28 heteroatoms. The summed E-state index contributed by atoms with van der Waals surface area (Å²) in [5.74, 6) is -0.117. The molecule has 0 unspecified atom stereocenters. The van der Waals surface area contributed by atoms with Gasteiger partial charge in [0.05, 0.1) is 0 Å². The van der Waals surface area contributed by atoms with Crippen LogP contribution >= 0.6 is 85.4 Å². The van der Waals surface area contributed by atoms with E-state index in [-0.39, 0.29) is 61.3 Å². The van der Waals surface area contributed by atoms with Crippen LogP contribution in [0, 0.1) is 20.5 Å². The van der Waals surface area contributed by atoms with Crippen molar-refractivity contribution in [3.05, 3.63) is 239 Å². The fraction of sp³-hybridized carbons (Fsp3) is 0.257. The molecule has 4 N–H and O–H groups in total. The number of benzene rings is 8. The number of hydrogen-bond acceptors (Lipinski definition) is 16. The van der Waals surface area contributed by atoms with Gasteiger partial charge >= 0.3 is 39.0 Å². The van der Waals surface area contributed by atoms with Gasteiger partial charge in [0.2, 0.25) is 0 Å². The number of alkyl halides is 6. The summed E-state index contributed by atoms with van der Waals surface area (Å²) < 4.78 is 66.4. The second-order valence-corrected chi connectivity index (χ2v) is 32.2. The standard InChI is InChI=1S/C30H40N4O2.2C19H18NP.2CHCl3.2ClHO4.2Zn/c1-29(2,3)25-13-21-17-31-9-7-11-33-19-23-15-26(30(4,5)6)16-24(28(23)36)20-34-12-8-10-32-18-22(14-25)27(21)35;2*20-15-16-11-13-19(14-12-16)21(17-7-3-1-4-8-17)18-9-5-2-6-10-18;2*2-1(3)4;2*2-1(3,4)5;;/h13-20,35-36H,7-12H2,1-6H3;2*1-14H,15,20H2;2*1H;2*(H,2,3,4,5);;/q;;;;;;;2*+2/p-4. The van der Waals surface area contributed by atoms with Gasteiger partial charge in [-0.1, -0.05) is 317 Å². The zero-order valence-corrected chi connectivity index (χ0v) is 68.7. The van der Waals surface area contributed by atoms with E-state index in [1.165, 1.54) is 43.0 Å². The predicted molar refractivity (Wildman–Crippen MR) is 377 cm³/mol. The van der Waals surface area contributed by atoms with E-state index in [9.17, 15) is 10.2 Å². The zero-order valence-electron chi connectivity index (χ0n) is 55.0. The molecule has 0 aliphatic carbocycles. The number of aliphatic imine (C=N–C) groups is 4. The number of halogens is 8. The number of rotatable bonds is 8. The van der Waals surface area contributed by atoms with E-state index in [1.54, 1.807) is 24.9 Å². The summed E-state index contributed by atoms with van der Waals surface area (Å²) in [4.78, 5) is 17.9. The Morgan fingerprint density at radius 1 is 0.367 bits per heavy atom. The third-order valence-electron chi connectivity index (χ3n) is 13.0. The smallest absolute Gasteiger partial charge is 0.872 e. The Labute approximate surface area is 638 Å². The Balaban J connectivity index is 0.000000666. The molecule has 16 nitrogen and oxygen atoms in total. The Morgan fingerprint density at radius 3 is 0.724 bits per heavy atom. The van der Waals surface area contributed by atoms with Crippen LogP contribution in [0.5, 0.6) is 11.5 Å². The molecule has 1 aliphatic rings. The Morgan fingerprint density at radius 2 is 0.551 bits per heavy atom. The largest absolute Gasteiger partial charge is 2.00 e. The molecule has 0 saturated carbocycles. The first-order valence-electron chi connectivity index (χ1n) is 29.4. The molecule has 0 saturated heterocycles. The molecule has 1 heterocycles. The number of hydrogen-bond donors (Lipinski definition) is 2. The van der Waals surface area contributed by atoms with Crippen LogP contribution in [0.2, 0.25) is 0 Å². The van der Waals surface area contributed by atoms with Crippen LogP contribution in [0.3, 0.4) is 0 Å². The molecule has 8 aromatic carbocycles. The fourth-order valence-electron chi connectivity index (χ4n) is 8.52. The average molecular weight is 1640 g/mol. The minimum atomic E-state index is -4.94. The summed E-state index contributed by atoms with van der Waals surface area (Å²) in [7, 11) is -10.9. The van der Waals surface area contributed by atoms with E-state index >= 15 is 0 Å². The van der Waals surface area contributed by atoms with Crippen molar-refractivity contribution in [1.82, 2.24) is 0 Å². The molecule has 8 aromatic rings. The molecule has 98 heavy (non-hydrogen) atoms. The van der Waals surface area contributed by atoms with Crippen molar-refractivity contribution >= 4 is 142 Å². The molecule has 0 spiro atoms. The maximum Gasteiger partial charge on any atom is 2.00 e. The predicted octanol–water partition coefficient (Wildman–Crippen LogP) is 4.86. The Hall–Kier alpha value is -3.93. The van der Waals surface area contributed by atoms with Gasteiger partial charge in [-0.05, 0) is 116 Å². The van der Waals surface area contributed by atoms with Crippen molar-refractivity contribution in [3.8, 4) is 11.5 Å². The summed E-state index contributed by atoms with van der Waals surface area (Å²) in [6, 6.07) is 68.0. The first kappa shape index (κ1) is 92.1. The first-order chi connectivity index (χ1) is 45.2. The van der Waals surface area contributed by atoms with E-state index in [0.717, 1.165) is 24.0 Å². The fourth-order valence-corrected chi connectivity index (χ4v) is 13.1. The van der Waals surface area contributed by atoms with Crippen LogP contribution in [0.15, 0.2) is 214 Å². The molecule has 4 bridgehead atoms. The SMILES string of the molecule is CC(C)(C)c1cc2c([O-])c(c1)C=NCCCN=Cc1cc(C(C)(C)C)cc(c1[O-])C=NCCCN=C2.ClC(Cl)Cl.ClC(Cl)Cl.NCc1ccc(P(c2ccccc2)c2ccccc2)cc1.NCc1ccc(P(c2ccccc2)c2ccccc2)cc1.[O-][Cl+3]([O-])([O-])[O-].[O-][Cl+3]([O-])([O-])[O-].[Zn+2].[Zn+2]. The Kier molecular flexibility index (Phi) is 45.2. The first-order valence-corrected chi connectivity index (χ1v) is 37.1. The minimum Gasteiger partial charge on any atom is -0.872 e. The van der Waals surface area contributed by atoms with Gasteiger partial charge < -0.3 is 21.7 Å². The van der Waals surface area contributed by atoms with Gasteiger partial charge in [-0.3, -0.25) is 20.0 Å². The van der Waals surface area contributed by atoms with Crippen LogP contribution in [-0.4, -0.2) is 59.6 Å². The van der Waals surface area contributed by atoms with Crippen molar-refractivity contribution in [2.45, 2.75) is 86.9 Å². The van der Waals surface area contributed by atoms with Gasteiger partial charge in [-0.25, -0.2) is 37.3 Å². The molecule has 0 radical (unpaired) electrons. The molecular formula is C70H76Cl8N6O10P2Zn2. The quantitative estimate of drug-likeness (QED) is 0.117. The van der Waals surface area contributed by atoms with E-state index in [4.69, 9.17) is 118 Å². The van der Waals surface area contributed by atoms with Gasteiger partial charge in [0, 0.05) is 64.1 Å². The van der Waals surface area contributed by atoms with Gasteiger partial charge in [0.25, 0.3) is 0 Å². The maximum atomic E-state index is 13.0. The zero-order chi connectivity index (χ0) is 71.5. The summed E-state index contributed by atoms with van der Waals surface area (Å²) in [6.07, 6.45) is 8.11. The summed E-state index contributed by atoms with van der Waals surface area (Å²) >= 11 is 28.8. The molecule has 9 rings (SSSR count). The maximum absolute atomic E-state index is 13.0. The third-order valence-corrected chi connectivity index (χ3v) is 17.9. The van der Waals surface area contributed by atoms with E-state index in [0.29, 0.717) is 61.5 Å². The van der Waals surface area contributed by atoms with Crippen LogP contribution in [-0.2, 0) is 62.9 Å². The van der Waals surface area contributed by atoms with Crippen molar-refractivity contribution < 1.29 is 107 Å². The number of nitrogens with two attached hydrogens (primary N) is 2. The van der Waals surface area contributed by atoms with E-state index in [2.05, 4.69) is 231 Å². The summed E-state index contributed by atoms with van der Waals surface area (Å²) in [5.41, 5.74) is 18.0. The van der Waals surface area contributed by atoms with Gasteiger partial charge in [0.15, 0.2) is 8.59 Å². The molecule has 0 atom stereocenters. The van der Waals surface area contributed by atoms with Crippen LogP contribution < -0.4 is 90.8 Å². The van der Waals surface area contributed by atoms with Crippen molar-refractivity contribution in [3.63, 3.8) is 0 Å². The molecule has 516 valence electrons. The Bertz CT molecular complexity index is 3220. The van der Waals surface area contributed by atoms with Crippen molar-refractivity contribution in [2.75, 3.05) is 26.2 Å². The van der Waals surface area contributed by atoms with Crippen LogP contribution in [0.25, 0.3) is 0 Å². The molecule has 0 aromatic heterocycles. The molecular weight excluding hydrogens is 1560 g/mol. The molecule has 1 aliphatic heterocycles. The number of fused-ring (bicyclic) bond motifs is 4. The topological polar surface area (TPSA) is 332 Å². The second-order valence-electron chi connectivity index (χ2n) is 22.3. The normalized spacial score (nSPS) is 12.3. The van der Waals surface area contributed by atoms with Gasteiger partial charge in [-0.15, -0.1) is 20.5 Å². The van der Waals surface area contributed by atoms with Crippen molar-refractivity contribution in [1.29, 1.82) is 0 Å². The van der Waals surface area contributed by atoms with Crippen LogP contribution in [0.1, 0.15) is 98.9 Å². The van der Waals surface area contributed by atoms with Gasteiger partial charge in [0.1, 0.15) is 0 Å². The summed E-state index contributed by atoms with van der Waals surface area (Å²) in [5, 5.41) is 34.2. The average Bonchev–Trinajstić information content (AvgIpc) is 0.838. The summed E-state index contributed by atoms with van der Waals surface area (Å²) in [6.45, 7) is 16.1. The van der Waals surface area contributed by atoms with Gasteiger partial charge in [-0.2, -0.15) is 0 Å². The molecule has 0 fully saturated rings. The monoisotopic (exact) mass is 1630 g/mol. The van der Waals surface area contributed by atoms with Crippen molar-refractivity contribution in [2.24, 2.45) is 31.4 Å². The van der Waals surface area contributed by atoms with E-state index in [1.807, 2.05) is 24.3 Å².